The first-order valence-electron chi connectivity index (χ1n) is 7.27. The van der Waals surface area contributed by atoms with Gasteiger partial charge in [-0.15, -0.1) is 0 Å². The van der Waals surface area contributed by atoms with Gasteiger partial charge in [-0.25, -0.2) is 4.79 Å². The first-order chi connectivity index (χ1) is 9.17. The van der Waals surface area contributed by atoms with Crippen LogP contribution in [0.15, 0.2) is 30.3 Å². The number of hydrogen-bond acceptors (Lipinski definition) is 1. The lowest BCUT2D eigenvalue weighted by Gasteiger charge is -2.29. The summed E-state index contributed by atoms with van der Waals surface area (Å²) in [5.74, 6) is 0.482. The molecule has 1 aromatic carbocycles. The number of carbonyl (C=O) groups excluding carboxylic acids is 1. The minimum Gasteiger partial charge on any atom is -0.325 e. The number of nitrogens with zero attached hydrogens (tertiary/aromatic N) is 2. The maximum absolute atomic E-state index is 12.4. The van der Waals surface area contributed by atoms with Gasteiger partial charge in [0.25, 0.3) is 0 Å². The van der Waals surface area contributed by atoms with Crippen molar-refractivity contribution >= 4 is 6.03 Å². The molecule has 1 aromatic rings. The Morgan fingerprint density at radius 1 is 1.26 bits per heavy atom. The Morgan fingerprint density at radius 3 is 2.47 bits per heavy atom. The van der Waals surface area contributed by atoms with Crippen molar-refractivity contribution in [1.82, 2.24) is 9.80 Å². The van der Waals surface area contributed by atoms with Gasteiger partial charge in [-0.1, -0.05) is 30.3 Å². The highest BCUT2D eigenvalue weighted by molar-refractivity contribution is 5.75. The zero-order valence-electron chi connectivity index (χ0n) is 12.2. The van der Waals surface area contributed by atoms with E-state index in [1.807, 2.05) is 29.7 Å². The molecule has 2 amide bonds. The molecule has 1 aliphatic heterocycles. The van der Waals surface area contributed by atoms with E-state index >= 15 is 0 Å². The van der Waals surface area contributed by atoms with Gasteiger partial charge in [0, 0.05) is 31.6 Å². The fraction of sp³-hybridized carbons (Fsp3) is 0.562. The Kier molecular flexibility index (Phi) is 4.46. The first-order valence-corrected chi connectivity index (χ1v) is 7.27. The Labute approximate surface area is 116 Å². The van der Waals surface area contributed by atoms with Crippen molar-refractivity contribution in [2.24, 2.45) is 0 Å². The Hall–Kier alpha value is -1.51. The van der Waals surface area contributed by atoms with E-state index in [2.05, 4.69) is 31.2 Å². The third-order valence-corrected chi connectivity index (χ3v) is 4.13. The second kappa shape index (κ2) is 6.09. The molecule has 1 fully saturated rings. The molecule has 2 atom stereocenters. The van der Waals surface area contributed by atoms with Gasteiger partial charge in [0.05, 0.1) is 0 Å². The molecule has 0 radical (unpaired) electrons. The van der Waals surface area contributed by atoms with Gasteiger partial charge in [0.15, 0.2) is 0 Å². The molecule has 1 aliphatic rings. The molecule has 0 aliphatic carbocycles. The smallest absolute Gasteiger partial charge is 0.320 e. The lowest BCUT2D eigenvalue weighted by molar-refractivity contribution is 0.155. The van der Waals surface area contributed by atoms with Gasteiger partial charge in [0.1, 0.15) is 0 Å². The number of rotatable bonds is 3. The van der Waals surface area contributed by atoms with E-state index in [-0.39, 0.29) is 6.03 Å². The summed E-state index contributed by atoms with van der Waals surface area (Å²) < 4.78 is 0. The monoisotopic (exact) mass is 260 g/mol. The molecule has 3 heteroatoms. The highest BCUT2D eigenvalue weighted by Gasteiger charge is 2.34. The van der Waals surface area contributed by atoms with E-state index in [4.69, 9.17) is 0 Å². The van der Waals surface area contributed by atoms with Crippen LogP contribution in [0.3, 0.4) is 0 Å². The molecule has 0 bridgehead atoms. The summed E-state index contributed by atoms with van der Waals surface area (Å²) in [5.41, 5.74) is 1.35. The van der Waals surface area contributed by atoms with Crippen LogP contribution >= 0.6 is 0 Å². The van der Waals surface area contributed by atoms with Crippen LogP contribution in [-0.2, 0) is 0 Å². The van der Waals surface area contributed by atoms with Crippen LogP contribution in [0.5, 0.6) is 0 Å². The zero-order valence-corrected chi connectivity index (χ0v) is 12.2. The minimum absolute atomic E-state index is 0.191. The Morgan fingerprint density at radius 2 is 1.89 bits per heavy atom. The molecular formula is C16H24N2O. The predicted octanol–water partition coefficient (Wildman–Crippen LogP) is 3.33. The van der Waals surface area contributed by atoms with Gasteiger partial charge >= 0.3 is 6.03 Å². The summed E-state index contributed by atoms with van der Waals surface area (Å²) in [7, 11) is 0. The standard InChI is InChI=1S/C16H24N2O/c1-4-17(5-2)16(19)18-12-15(11-13(18)3)14-9-7-6-8-10-14/h6-10,13,15H,4-5,11-12H2,1-3H3. The van der Waals surface area contributed by atoms with Crippen molar-refractivity contribution in [1.29, 1.82) is 0 Å². The van der Waals surface area contributed by atoms with E-state index in [9.17, 15) is 4.79 Å². The quantitative estimate of drug-likeness (QED) is 0.817. The predicted molar refractivity (Wildman–Crippen MR) is 78.3 cm³/mol. The molecule has 1 heterocycles. The summed E-state index contributed by atoms with van der Waals surface area (Å²) in [5, 5.41) is 0. The molecule has 0 N–H and O–H groups in total. The summed E-state index contributed by atoms with van der Waals surface area (Å²) >= 11 is 0. The van der Waals surface area contributed by atoms with Crippen LogP contribution in [0.1, 0.15) is 38.7 Å². The van der Waals surface area contributed by atoms with Crippen LogP contribution in [0.4, 0.5) is 4.79 Å². The molecule has 1 saturated heterocycles. The normalized spacial score (nSPS) is 22.6. The maximum atomic E-state index is 12.4. The molecule has 2 unspecified atom stereocenters. The SMILES string of the molecule is CCN(CC)C(=O)N1CC(c2ccccc2)CC1C. The second-order valence-corrected chi connectivity index (χ2v) is 5.30. The maximum Gasteiger partial charge on any atom is 0.320 e. The second-order valence-electron chi connectivity index (χ2n) is 5.30. The summed E-state index contributed by atoms with van der Waals surface area (Å²) in [6, 6.07) is 11.1. The third-order valence-electron chi connectivity index (χ3n) is 4.13. The van der Waals surface area contributed by atoms with Crippen LogP contribution in [0.25, 0.3) is 0 Å². The number of benzene rings is 1. The van der Waals surface area contributed by atoms with Gasteiger partial charge in [0.2, 0.25) is 0 Å². The van der Waals surface area contributed by atoms with E-state index in [1.165, 1.54) is 5.56 Å². The topological polar surface area (TPSA) is 23.6 Å². The average molecular weight is 260 g/mol. The highest BCUT2D eigenvalue weighted by atomic mass is 16.2. The fourth-order valence-corrected chi connectivity index (χ4v) is 2.94. The molecular weight excluding hydrogens is 236 g/mol. The number of urea groups is 1. The van der Waals surface area contributed by atoms with Gasteiger partial charge < -0.3 is 9.80 Å². The minimum atomic E-state index is 0.191. The van der Waals surface area contributed by atoms with E-state index in [0.29, 0.717) is 12.0 Å². The molecule has 19 heavy (non-hydrogen) atoms. The number of hydrogen-bond donors (Lipinski definition) is 0. The van der Waals surface area contributed by atoms with Crippen molar-refractivity contribution < 1.29 is 4.79 Å². The number of carbonyl (C=O) groups is 1. The molecule has 0 saturated carbocycles. The Bertz CT molecular complexity index is 414. The Balaban J connectivity index is 2.07. The first kappa shape index (κ1) is 13.9. The third kappa shape index (κ3) is 2.91. The molecule has 0 aromatic heterocycles. The van der Waals surface area contributed by atoms with Gasteiger partial charge in [-0.2, -0.15) is 0 Å². The molecule has 3 nitrogen and oxygen atoms in total. The fourth-order valence-electron chi connectivity index (χ4n) is 2.94. The summed E-state index contributed by atoms with van der Waals surface area (Å²) in [6.45, 7) is 8.65. The lowest BCUT2D eigenvalue weighted by Crippen LogP contribution is -2.44. The van der Waals surface area contributed by atoms with E-state index in [1.54, 1.807) is 0 Å². The van der Waals surface area contributed by atoms with Crippen molar-refractivity contribution in [2.75, 3.05) is 19.6 Å². The van der Waals surface area contributed by atoms with Crippen LogP contribution in [0, 0.1) is 0 Å². The summed E-state index contributed by atoms with van der Waals surface area (Å²) in [4.78, 5) is 16.4. The number of likely N-dealkylation sites (tertiary alicyclic amines) is 1. The van der Waals surface area contributed by atoms with Crippen LogP contribution < -0.4 is 0 Å². The van der Waals surface area contributed by atoms with E-state index in [0.717, 1.165) is 26.1 Å². The van der Waals surface area contributed by atoms with Gasteiger partial charge in [-0.05, 0) is 32.8 Å². The van der Waals surface area contributed by atoms with Crippen molar-refractivity contribution in [2.45, 2.75) is 39.2 Å². The molecule has 0 spiro atoms. The van der Waals surface area contributed by atoms with Crippen LogP contribution in [-0.4, -0.2) is 41.5 Å². The van der Waals surface area contributed by atoms with Crippen LogP contribution in [0.2, 0.25) is 0 Å². The molecule has 2 rings (SSSR count). The van der Waals surface area contributed by atoms with Crippen molar-refractivity contribution in [3.63, 3.8) is 0 Å². The highest BCUT2D eigenvalue weighted by Crippen LogP contribution is 2.32. The average Bonchev–Trinajstić information content (AvgIpc) is 2.83. The van der Waals surface area contributed by atoms with Gasteiger partial charge in [-0.3, -0.25) is 0 Å². The van der Waals surface area contributed by atoms with E-state index < -0.39 is 0 Å². The lowest BCUT2D eigenvalue weighted by atomic mass is 9.97. The van der Waals surface area contributed by atoms with Crippen molar-refractivity contribution in [3.8, 4) is 0 Å². The largest absolute Gasteiger partial charge is 0.325 e. The summed E-state index contributed by atoms with van der Waals surface area (Å²) in [6.07, 6.45) is 1.07. The van der Waals surface area contributed by atoms with Crippen molar-refractivity contribution in [3.05, 3.63) is 35.9 Å². The molecule has 104 valence electrons. The number of amides is 2. The zero-order chi connectivity index (χ0) is 13.8.